The second-order valence-corrected chi connectivity index (χ2v) is 5.10. The van der Waals surface area contributed by atoms with Crippen LogP contribution in [0.1, 0.15) is 22.5 Å². The van der Waals surface area contributed by atoms with Gasteiger partial charge in [0.25, 0.3) is 5.91 Å². The predicted octanol–water partition coefficient (Wildman–Crippen LogP) is 2.64. The molecule has 100 valence electrons. The van der Waals surface area contributed by atoms with Crippen molar-refractivity contribution < 1.29 is 19.1 Å². The van der Waals surface area contributed by atoms with Gasteiger partial charge in [-0.1, -0.05) is 6.07 Å². The van der Waals surface area contributed by atoms with E-state index < -0.39 is 5.97 Å². The summed E-state index contributed by atoms with van der Waals surface area (Å²) < 4.78 is 14.2. The monoisotopic (exact) mass is 281 g/mol. The molecular formula is C13H12FNO3S. The number of carbonyl (C=O) groups excluding carboxylic acids is 1. The largest absolute Gasteiger partial charge is 0.481 e. The molecule has 0 radical (unpaired) electrons. The summed E-state index contributed by atoms with van der Waals surface area (Å²) in [5.74, 6) is -1.54. The Kier molecular flexibility index (Phi) is 4.11. The fraction of sp³-hybridized carbons (Fsp3) is 0.231. The van der Waals surface area contributed by atoms with Crippen molar-refractivity contribution >= 4 is 33.3 Å². The zero-order valence-electron chi connectivity index (χ0n) is 9.98. The molecule has 0 bridgehead atoms. The Morgan fingerprint density at radius 2 is 2.16 bits per heavy atom. The minimum absolute atomic E-state index is 0.0152. The minimum Gasteiger partial charge on any atom is -0.481 e. The van der Waals surface area contributed by atoms with Crippen LogP contribution in [-0.4, -0.2) is 23.5 Å². The molecule has 0 fully saturated rings. The normalized spacial score (nSPS) is 10.6. The number of carbonyl (C=O) groups is 2. The Morgan fingerprint density at radius 3 is 2.84 bits per heavy atom. The van der Waals surface area contributed by atoms with E-state index in [0.717, 1.165) is 4.70 Å². The van der Waals surface area contributed by atoms with E-state index >= 15 is 0 Å². The number of hydrogen-bond donors (Lipinski definition) is 2. The van der Waals surface area contributed by atoms with Gasteiger partial charge in [0.05, 0.1) is 4.88 Å². The summed E-state index contributed by atoms with van der Waals surface area (Å²) in [5.41, 5.74) is 0. The number of thiophene rings is 1. The van der Waals surface area contributed by atoms with E-state index in [1.54, 1.807) is 12.1 Å². The SMILES string of the molecule is O=C(O)CCCNC(=O)c1cc2c(F)cccc2s1. The number of fused-ring (bicyclic) bond motifs is 1. The second kappa shape index (κ2) is 5.79. The lowest BCUT2D eigenvalue weighted by atomic mass is 10.2. The Morgan fingerprint density at radius 1 is 1.37 bits per heavy atom. The highest BCUT2D eigenvalue weighted by atomic mass is 32.1. The quantitative estimate of drug-likeness (QED) is 0.828. The molecule has 2 aromatic rings. The van der Waals surface area contributed by atoms with Crippen molar-refractivity contribution in [3.63, 3.8) is 0 Å². The third-order valence-electron chi connectivity index (χ3n) is 2.59. The summed E-state index contributed by atoms with van der Waals surface area (Å²) in [6.07, 6.45) is 0.391. The fourth-order valence-electron chi connectivity index (χ4n) is 1.67. The van der Waals surface area contributed by atoms with Crippen LogP contribution >= 0.6 is 11.3 Å². The topological polar surface area (TPSA) is 66.4 Å². The molecule has 0 saturated carbocycles. The minimum atomic E-state index is -0.891. The molecule has 0 aliphatic carbocycles. The predicted molar refractivity (Wildman–Crippen MR) is 71.0 cm³/mol. The Bertz CT molecular complexity index is 623. The first-order chi connectivity index (χ1) is 9.08. The van der Waals surface area contributed by atoms with Crippen LogP contribution in [0.3, 0.4) is 0 Å². The van der Waals surface area contributed by atoms with E-state index in [9.17, 15) is 14.0 Å². The lowest BCUT2D eigenvalue weighted by molar-refractivity contribution is -0.137. The van der Waals surface area contributed by atoms with E-state index in [4.69, 9.17) is 5.11 Å². The van der Waals surface area contributed by atoms with Crippen LogP contribution < -0.4 is 5.32 Å². The molecule has 1 aromatic heterocycles. The van der Waals surface area contributed by atoms with Gasteiger partial charge >= 0.3 is 5.97 Å². The molecule has 19 heavy (non-hydrogen) atoms. The van der Waals surface area contributed by atoms with Crippen LogP contribution in [0.4, 0.5) is 4.39 Å². The molecule has 4 nitrogen and oxygen atoms in total. The number of benzene rings is 1. The van der Waals surface area contributed by atoms with Crippen molar-refractivity contribution in [1.29, 1.82) is 0 Å². The van der Waals surface area contributed by atoms with E-state index in [-0.39, 0.29) is 18.1 Å². The van der Waals surface area contributed by atoms with Crippen molar-refractivity contribution in [2.45, 2.75) is 12.8 Å². The maximum Gasteiger partial charge on any atom is 0.303 e. The first-order valence-electron chi connectivity index (χ1n) is 5.76. The number of hydrogen-bond acceptors (Lipinski definition) is 3. The van der Waals surface area contributed by atoms with Crippen molar-refractivity contribution in [1.82, 2.24) is 5.32 Å². The van der Waals surface area contributed by atoms with Gasteiger partial charge in [-0.3, -0.25) is 9.59 Å². The number of carboxylic acid groups (broad SMARTS) is 1. The summed E-state index contributed by atoms with van der Waals surface area (Å²) in [4.78, 5) is 22.5. The van der Waals surface area contributed by atoms with Crippen LogP contribution in [0.25, 0.3) is 10.1 Å². The van der Waals surface area contributed by atoms with Gasteiger partial charge in [-0.15, -0.1) is 11.3 Å². The van der Waals surface area contributed by atoms with Gasteiger partial charge in [0.15, 0.2) is 0 Å². The lowest BCUT2D eigenvalue weighted by Gasteiger charge is -2.01. The maximum absolute atomic E-state index is 13.5. The molecule has 0 spiro atoms. The summed E-state index contributed by atoms with van der Waals surface area (Å²) in [6, 6.07) is 6.22. The Balaban J connectivity index is 2.01. The van der Waals surface area contributed by atoms with Crippen molar-refractivity contribution in [2.24, 2.45) is 0 Å². The van der Waals surface area contributed by atoms with E-state index in [2.05, 4.69) is 5.32 Å². The number of rotatable bonds is 5. The van der Waals surface area contributed by atoms with Crippen molar-refractivity contribution in [2.75, 3.05) is 6.54 Å². The molecule has 1 amide bonds. The van der Waals surface area contributed by atoms with Crippen LogP contribution in [0.15, 0.2) is 24.3 Å². The average Bonchev–Trinajstić information content (AvgIpc) is 2.79. The standard InChI is InChI=1S/C13H12FNO3S/c14-9-3-1-4-10-8(9)7-11(19-10)13(18)15-6-2-5-12(16)17/h1,3-4,7H,2,5-6H2,(H,15,18)(H,16,17). The lowest BCUT2D eigenvalue weighted by Crippen LogP contribution is -2.23. The molecule has 6 heteroatoms. The molecular weight excluding hydrogens is 269 g/mol. The highest BCUT2D eigenvalue weighted by Crippen LogP contribution is 2.27. The first kappa shape index (κ1) is 13.5. The third-order valence-corrected chi connectivity index (χ3v) is 3.68. The highest BCUT2D eigenvalue weighted by molar-refractivity contribution is 7.20. The molecule has 0 aliphatic heterocycles. The van der Waals surface area contributed by atoms with Gasteiger partial charge < -0.3 is 10.4 Å². The third kappa shape index (κ3) is 3.29. The fourth-order valence-corrected chi connectivity index (χ4v) is 2.66. The molecule has 0 aliphatic rings. The summed E-state index contributed by atoms with van der Waals surface area (Å²) in [7, 11) is 0. The molecule has 0 saturated heterocycles. The molecule has 1 aromatic carbocycles. The van der Waals surface area contributed by atoms with Gasteiger partial charge in [0, 0.05) is 23.1 Å². The molecule has 2 N–H and O–H groups in total. The summed E-state index contributed by atoms with van der Waals surface area (Å²) in [6.45, 7) is 0.294. The van der Waals surface area contributed by atoms with E-state index in [1.165, 1.54) is 23.5 Å². The number of nitrogens with one attached hydrogen (secondary N) is 1. The number of amides is 1. The number of carboxylic acids is 1. The Labute approximate surface area is 112 Å². The first-order valence-corrected chi connectivity index (χ1v) is 6.57. The van der Waals surface area contributed by atoms with Gasteiger partial charge in [0.2, 0.25) is 0 Å². The second-order valence-electron chi connectivity index (χ2n) is 4.02. The van der Waals surface area contributed by atoms with Crippen molar-refractivity contribution in [3.8, 4) is 0 Å². The average molecular weight is 281 g/mol. The zero-order chi connectivity index (χ0) is 13.8. The highest BCUT2D eigenvalue weighted by Gasteiger charge is 2.11. The van der Waals surface area contributed by atoms with E-state index in [1.807, 2.05) is 0 Å². The van der Waals surface area contributed by atoms with Gasteiger partial charge in [0.1, 0.15) is 5.82 Å². The smallest absolute Gasteiger partial charge is 0.303 e. The van der Waals surface area contributed by atoms with Crippen LogP contribution in [0, 0.1) is 5.82 Å². The van der Waals surface area contributed by atoms with E-state index in [0.29, 0.717) is 23.2 Å². The van der Waals surface area contributed by atoms with Gasteiger partial charge in [-0.2, -0.15) is 0 Å². The van der Waals surface area contributed by atoms with Gasteiger partial charge in [-0.05, 0) is 24.6 Å². The summed E-state index contributed by atoms with van der Waals surface area (Å²) >= 11 is 1.22. The summed E-state index contributed by atoms with van der Waals surface area (Å²) in [5, 5.41) is 11.5. The zero-order valence-corrected chi connectivity index (χ0v) is 10.8. The number of halogens is 1. The molecule has 1 heterocycles. The van der Waals surface area contributed by atoms with Gasteiger partial charge in [-0.25, -0.2) is 4.39 Å². The molecule has 0 atom stereocenters. The van der Waals surface area contributed by atoms with Crippen LogP contribution in [-0.2, 0) is 4.79 Å². The maximum atomic E-state index is 13.5. The molecule has 0 unspecified atom stereocenters. The number of aliphatic carboxylic acids is 1. The van der Waals surface area contributed by atoms with Crippen LogP contribution in [0.5, 0.6) is 0 Å². The van der Waals surface area contributed by atoms with Crippen LogP contribution in [0.2, 0.25) is 0 Å². The Hall–Kier alpha value is -1.95. The molecule has 2 rings (SSSR count). The van der Waals surface area contributed by atoms with Crippen molar-refractivity contribution in [3.05, 3.63) is 35.0 Å².